The summed E-state index contributed by atoms with van der Waals surface area (Å²) >= 11 is 0. The first-order chi connectivity index (χ1) is 13.2. The molecule has 0 unspecified atom stereocenters. The van der Waals surface area contributed by atoms with Crippen molar-refractivity contribution >= 4 is 0 Å². The molecule has 152 valence electrons. The fourth-order valence-corrected chi connectivity index (χ4v) is 7.62. The summed E-state index contributed by atoms with van der Waals surface area (Å²) in [6.07, 6.45) is 11.8. The van der Waals surface area contributed by atoms with Crippen LogP contribution in [-0.4, -0.2) is 37.2 Å². The molecule has 0 aliphatic heterocycles. The Hall–Kier alpha value is -1.30. The Labute approximate surface area is 166 Å². The Balaban J connectivity index is 1.56. The molecule has 0 bridgehead atoms. The van der Waals surface area contributed by atoms with Gasteiger partial charge in [0.2, 0.25) is 0 Å². The summed E-state index contributed by atoms with van der Waals surface area (Å²) in [4.78, 5) is 0. The van der Waals surface area contributed by atoms with Crippen molar-refractivity contribution in [2.24, 2.45) is 22.7 Å². The van der Waals surface area contributed by atoms with Crippen molar-refractivity contribution in [3.8, 4) is 0 Å². The molecular formula is C23H32N2O3. The second kappa shape index (κ2) is 5.87. The molecule has 3 N–H and O–H groups in total. The third-order valence-corrected chi connectivity index (χ3v) is 9.48. The molecule has 4 aliphatic carbocycles. The number of aliphatic hydroxyl groups is 3. The van der Waals surface area contributed by atoms with E-state index in [1.54, 1.807) is 12.4 Å². The molecule has 5 nitrogen and oxygen atoms in total. The van der Waals surface area contributed by atoms with Gasteiger partial charge in [0.15, 0.2) is 0 Å². The van der Waals surface area contributed by atoms with E-state index in [2.05, 4.69) is 30.1 Å². The number of hydrogen-bond donors (Lipinski definition) is 3. The van der Waals surface area contributed by atoms with Gasteiger partial charge in [0.05, 0.1) is 23.5 Å². The number of nitrogens with zero attached hydrogens (tertiary/aromatic N) is 2. The zero-order chi connectivity index (χ0) is 19.8. The standard InChI is InChI=1S/C23H32N2O3/c1-20-8-5-17(26)13-15(20)3-4-19-18(20)6-9-21(2)22(27,10-11-23(19,21)28)16-7-12-24-25-14-16/h3,7,12,14,17-19,26-28H,4-6,8-11,13H2,1-2H3/t17-,18-,19+,20-,21+,22-,23-/m0/s1. The van der Waals surface area contributed by atoms with Crippen molar-refractivity contribution in [2.45, 2.75) is 82.5 Å². The van der Waals surface area contributed by atoms with Gasteiger partial charge < -0.3 is 15.3 Å². The van der Waals surface area contributed by atoms with Gasteiger partial charge in [-0.2, -0.15) is 10.2 Å². The first-order valence-electron chi connectivity index (χ1n) is 10.8. The van der Waals surface area contributed by atoms with Crippen molar-refractivity contribution in [3.05, 3.63) is 35.7 Å². The first kappa shape index (κ1) is 18.7. The molecule has 5 heteroatoms. The first-order valence-corrected chi connectivity index (χ1v) is 10.8. The number of aromatic nitrogens is 2. The van der Waals surface area contributed by atoms with Gasteiger partial charge in [0.1, 0.15) is 0 Å². The van der Waals surface area contributed by atoms with Crippen molar-refractivity contribution in [2.75, 3.05) is 0 Å². The normalized spacial score (nSPS) is 50.3. The van der Waals surface area contributed by atoms with Gasteiger partial charge in [0.25, 0.3) is 0 Å². The quantitative estimate of drug-likeness (QED) is 0.648. The number of rotatable bonds is 1. The summed E-state index contributed by atoms with van der Waals surface area (Å²) in [6.45, 7) is 4.43. The fraction of sp³-hybridized carbons (Fsp3) is 0.739. The van der Waals surface area contributed by atoms with E-state index in [1.807, 2.05) is 6.07 Å². The van der Waals surface area contributed by atoms with Gasteiger partial charge in [0, 0.05) is 17.2 Å². The Kier molecular flexibility index (Phi) is 3.92. The number of allylic oxidation sites excluding steroid dienone is 1. The summed E-state index contributed by atoms with van der Waals surface area (Å²) in [7, 11) is 0. The van der Waals surface area contributed by atoms with Crippen LogP contribution in [0.25, 0.3) is 0 Å². The van der Waals surface area contributed by atoms with Crippen LogP contribution >= 0.6 is 0 Å². The minimum Gasteiger partial charge on any atom is -0.393 e. The lowest BCUT2D eigenvalue weighted by Crippen LogP contribution is -2.63. The van der Waals surface area contributed by atoms with Gasteiger partial charge in [-0.15, -0.1) is 0 Å². The van der Waals surface area contributed by atoms with Gasteiger partial charge in [-0.1, -0.05) is 25.5 Å². The summed E-state index contributed by atoms with van der Waals surface area (Å²) in [5.74, 6) is 0.565. The molecule has 5 rings (SSSR count). The molecule has 0 amide bonds. The zero-order valence-corrected chi connectivity index (χ0v) is 16.9. The van der Waals surface area contributed by atoms with Crippen LogP contribution in [0.5, 0.6) is 0 Å². The molecule has 1 aromatic rings. The largest absolute Gasteiger partial charge is 0.393 e. The lowest BCUT2D eigenvalue weighted by atomic mass is 9.45. The lowest BCUT2D eigenvalue weighted by Gasteiger charge is -2.62. The molecule has 0 spiro atoms. The van der Waals surface area contributed by atoms with Crippen LogP contribution in [0.4, 0.5) is 0 Å². The topological polar surface area (TPSA) is 86.5 Å². The smallest absolute Gasteiger partial charge is 0.0994 e. The maximum atomic E-state index is 12.1. The second-order valence-electron chi connectivity index (χ2n) is 10.3. The highest BCUT2D eigenvalue weighted by Crippen LogP contribution is 2.70. The minimum absolute atomic E-state index is 0.0676. The molecule has 7 atom stereocenters. The monoisotopic (exact) mass is 384 g/mol. The Morgan fingerprint density at radius 2 is 1.82 bits per heavy atom. The predicted octanol–water partition coefficient (Wildman–Crippen LogP) is 3.10. The maximum absolute atomic E-state index is 12.1. The Morgan fingerprint density at radius 1 is 1.00 bits per heavy atom. The fourth-order valence-electron chi connectivity index (χ4n) is 7.62. The van der Waals surface area contributed by atoms with Crippen LogP contribution < -0.4 is 0 Å². The van der Waals surface area contributed by atoms with Crippen molar-refractivity contribution in [3.63, 3.8) is 0 Å². The third-order valence-electron chi connectivity index (χ3n) is 9.48. The third kappa shape index (κ3) is 2.13. The van der Waals surface area contributed by atoms with Crippen LogP contribution in [0.1, 0.15) is 70.8 Å². The number of aliphatic hydroxyl groups excluding tert-OH is 1. The van der Waals surface area contributed by atoms with Crippen LogP contribution in [0, 0.1) is 22.7 Å². The zero-order valence-electron chi connectivity index (χ0n) is 16.9. The molecule has 0 aromatic carbocycles. The summed E-state index contributed by atoms with van der Waals surface area (Å²) in [6, 6.07) is 1.85. The molecule has 3 saturated carbocycles. The van der Waals surface area contributed by atoms with Crippen LogP contribution in [0.3, 0.4) is 0 Å². The Bertz CT molecular complexity index is 813. The minimum atomic E-state index is -1.07. The molecule has 3 fully saturated rings. The molecule has 1 aromatic heterocycles. The molecule has 0 saturated heterocycles. The average molecular weight is 385 g/mol. The molecule has 1 heterocycles. The van der Waals surface area contributed by atoms with E-state index in [0.717, 1.165) is 44.1 Å². The van der Waals surface area contributed by atoms with E-state index < -0.39 is 16.6 Å². The Morgan fingerprint density at radius 3 is 2.57 bits per heavy atom. The summed E-state index contributed by atoms with van der Waals surface area (Å²) < 4.78 is 0. The molecule has 4 aliphatic rings. The van der Waals surface area contributed by atoms with Gasteiger partial charge in [-0.05, 0) is 74.7 Å². The maximum Gasteiger partial charge on any atom is 0.0994 e. The second-order valence-corrected chi connectivity index (χ2v) is 10.3. The highest BCUT2D eigenvalue weighted by Gasteiger charge is 2.71. The van der Waals surface area contributed by atoms with Gasteiger partial charge in [-0.25, -0.2) is 0 Å². The SMILES string of the molecule is C[C@]12CC[C@H]3[C@@H](CC=C4C[C@@H](O)CC[C@@]43C)[C@@]1(O)CC[C@]2(O)c1ccnnc1. The van der Waals surface area contributed by atoms with Crippen molar-refractivity contribution in [1.82, 2.24) is 10.2 Å². The van der Waals surface area contributed by atoms with Gasteiger partial charge in [-0.3, -0.25) is 0 Å². The average Bonchev–Trinajstić information content (AvgIpc) is 2.91. The van der Waals surface area contributed by atoms with E-state index in [-0.39, 0.29) is 17.4 Å². The number of hydrogen-bond acceptors (Lipinski definition) is 5. The predicted molar refractivity (Wildman–Crippen MR) is 105 cm³/mol. The lowest BCUT2D eigenvalue weighted by molar-refractivity contribution is -0.218. The highest BCUT2D eigenvalue weighted by molar-refractivity contribution is 5.33. The van der Waals surface area contributed by atoms with E-state index in [0.29, 0.717) is 18.8 Å². The molecule has 0 radical (unpaired) electrons. The number of fused-ring (bicyclic) bond motifs is 5. The van der Waals surface area contributed by atoms with E-state index in [1.165, 1.54) is 5.57 Å². The van der Waals surface area contributed by atoms with Crippen LogP contribution in [-0.2, 0) is 5.60 Å². The summed E-state index contributed by atoms with van der Waals surface area (Å²) in [5.41, 5.74) is -0.325. The van der Waals surface area contributed by atoms with Crippen molar-refractivity contribution in [1.29, 1.82) is 0 Å². The highest BCUT2D eigenvalue weighted by atomic mass is 16.3. The summed E-state index contributed by atoms with van der Waals surface area (Å²) in [5, 5.41) is 42.0. The van der Waals surface area contributed by atoms with E-state index in [4.69, 9.17) is 0 Å². The van der Waals surface area contributed by atoms with Crippen molar-refractivity contribution < 1.29 is 15.3 Å². The van der Waals surface area contributed by atoms with Crippen LogP contribution in [0.15, 0.2) is 30.1 Å². The molecular weight excluding hydrogens is 352 g/mol. The molecule has 28 heavy (non-hydrogen) atoms. The van der Waals surface area contributed by atoms with E-state index in [9.17, 15) is 15.3 Å². The van der Waals surface area contributed by atoms with E-state index >= 15 is 0 Å². The van der Waals surface area contributed by atoms with Gasteiger partial charge >= 0.3 is 0 Å². The van der Waals surface area contributed by atoms with Crippen LogP contribution in [0.2, 0.25) is 0 Å².